The minimum Gasteiger partial charge on any atom is -0.379 e. The lowest BCUT2D eigenvalue weighted by atomic mass is 10.1. The largest absolute Gasteiger partial charge is 0.379 e. The smallest absolute Gasteiger partial charge is 0.253 e. The second-order valence-electron chi connectivity index (χ2n) is 8.87. The topological polar surface area (TPSA) is 50.1 Å². The van der Waals surface area contributed by atoms with Crippen LogP contribution in [0.3, 0.4) is 0 Å². The zero-order chi connectivity index (χ0) is 24.2. The lowest BCUT2D eigenvalue weighted by Crippen LogP contribution is -2.43. The molecule has 0 spiro atoms. The number of ether oxygens (including phenoxy) is 1. The van der Waals surface area contributed by atoms with Gasteiger partial charge in [0.25, 0.3) is 5.91 Å². The summed E-state index contributed by atoms with van der Waals surface area (Å²) in [7, 11) is 0. The summed E-state index contributed by atoms with van der Waals surface area (Å²) in [6, 6.07) is 14.2. The lowest BCUT2D eigenvalue weighted by Gasteiger charge is -2.30. The Bertz CT molecular complexity index is 1280. The monoisotopic (exact) mass is 492 g/mol. The Morgan fingerprint density at radius 1 is 1.09 bits per heavy atom. The second kappa shape index (κ2) is 10.7. The van der Waals surface area contributed by atoms with Gasteiger partial charge in [-0.1, -0.05) is 17.7 Å². The first kappa shape index (κ1) is 23.7. The molecule has 0 aliphatic carbocycles. The molecule has 35 heavy (non-hydrogen) atoms. The maximum absolute atomic E-state index is 13.4. The molecule has 2 aromatic carbocycles. The Kier molecular flexibility index (Phi) is 7.22. The number of nitrogens with zero attached hydrogens (tertiary/aromatic N) is 4. The maximum Gasteiger partial charge on any atom is 0.253 e. The van der Waals surface area contributed by atoms with Crippen LogP contribution in [0.15, 0.2) is 60.1 Å². The van der Waals surface area contributed by atoms with Crippen LogP contribution in [0.4, 0.5) is 4.39 Å². The Balaban J connectivity index is 1.32. The van der Waals surface area contributed by atoms with Gasteiger partial charge in [-0.3, -0.25) is 14.1 Å². The molecule has 1 amide bonds. The molecule has 5 rings (SSSR count). The third kappa shape index (κ3) is 5.61. The molecule has 0 atom stereocenters. The van der Waals surface area contributed by atoms with E-state index < -0.39 is 0 Å². The van der Waals surface area contributed by atoms with Crippen LogP contribution in [-0.4, -0.2) is 71.0 Å². The predicted octanol–water partition coefficient (Wildman–Crippen LogP) is 4.53. The van der Waals surface area contributed by atoms with Gasteiger partial charge in [0, 0.05) is 67.5 Å². The van der Waals surface area contributed by atoms with Crippen molar-refractivity contribution in [3.8, 4) is 11.3 Å². The Labute approximate surface area is 208 Å². The van der Waals surface area contributed by atoms with Crippen molar-refractivity contribution >= 4 is 22.2 Å². The van der Waals surface area contributed by atoms with Gasteiger partial charge in [-0.05, 0) is 43.3 Å². The molecule has 8 heteroatoms. The predicted molar refractivity (Wildman–Crippen MR) is 137 cm³/mol. The van der Waals surface area contributed by atoms with Crippen molar-refractivity contribution < 1.29 is 13.9 Å². The van der Waals surface area contributed by atoms with Crippen LogP contribution in [0, 0.1) is 12.7 Å². The van der Waals surface area contributed by atoms with Crippen molar-refractivity contribution in [1.82, 2.24) is 19.2 Å². The van der Waals surface area contributed by atoms with Crippen LogP contribution < -0.4 is 0 Å². The first-order chi connectivity index (χ1) is 17.1. The van der Waals surface area contributed by atoms with E-state index in [1.807, 2.05) is 42.3 Å². The molecular formula is C27H29FN4O2S. The van der Waals surface area contributed by atoms with E-state index in [1.54, 1.807) is 23.5 Å². The van der Waals surface area contributed by atoms with Gasteiger partial charge in [-0.15, -0.1) is 11.3 Å². The van der Waals surface area contributed by atoms with E-state index in [2.05, 4.69) is 14.7 Å². The van der Waals surface area contributed by atoms with Crippen LogP contribution in [-0.2, 0) is 11.2 Å². The number of halogens is 1. The van der Waals surface area contributed by atoms with Gasteiger partial charge >= 0.3 is 0 Å². The number of hydrogen-bond acceptors (Lipinski definition) is 5. The Morgan fingerprint density at radius 2 is 1.83 bits per heavy atom. The quantitative estimate of drug-likeness (QED) is 0.363. The number of aryl methyl sites for hydroxylation is 1. The number of morpholine rings is 1. The van der Waals surface area contributed by atoms with E-state index in [-0.39, 0.29) is 11.7 Å². The molecule has 1 fully saturated rings. The van der Waals surface area contributed by atoms with E-state index in [4.69, 9.17) is 9.72 Å². The third-order valence-corrected chi connectivity index (χ3v) is 7.33. The molecule has 4 aromatic rings. The normalized spacial score (nSPS) is 14.5. The summed E-state index contributed by atoms with van der Waals surface area (Å²) in [4.78, 5) is 23.3. The molecule has 182 valence electrons. The SMILES string of the molecule is Cc1ccc(C(=O)N(CCc2csc3nc(-c4ccc(F)cc4)cn23)CCN2CCOCC2)cc1. The van der Waals surface area contributed by atoms with Gasteiger partial charge in [0.1, 0.15) is 5.82 Å². The number of fused-ring (bicyclic) bond motifs is 1. The highest BCUT2D eigenvalue weighted by molar-refractivity contribution is 7.15. The molecule has 0 radical (unpaired) electrons. The summed E-state index contributed by atoms with van der Waals surface area (Å²) in [6.45, 7) is 7.44. The van der Waals surface area contributed by atoms with Gasteiger partial charge in [0.05, 0.1) is 18.9 Å². The van der Waals surface area contributed by atoms with Gasteiger partial charge in [0.15, 0.2) is 4.96 Å². The summed E-state index contributed by atoms with van der Waals surface area (Å²) in [5.74, 6) is -0.201. The molecule has 1 aliphatic heterocycles. The van der Waals surface area contributed by atoms with Crippen LogP contribution in [0.2, 0.25) is 0 Å². The first-order valence-corrected chi connectivity index (χ1v) is 12.8. The second-order valence-corrected chi connectivity index (χ2v) is 9.71. The first-order valence-electron chi connectivity index (χ1n) is 11.9. The number of imidazole rings is 1. The van der Waals surface area contributed by atoms with Crippen molar-refractivity contribution in [2.45, 2.75) is 13.3 Å². The summed E-state index contributed by atoms with van der Waals surface area (Å²) in [5.41, 5.74) is 4.67. The number of hydrogen-bond donors (Lipinski definition) is 0. The number of amides is 1. The van der Waals surface area contributed by atoms with E-state index in [1.165, 1.54) is 12.1 Å². The third-order valence-electron chi connectivity index (χ3n) is 6.44. The number of thiazole rings is 1. The van der Waals surface area contributed by atoms with E-state index in [0.717, 1.165) is 66.7 Å². The zero-order valence-corrected chi connectivity index (χ0v) is 20.6. The Hall–Kier alpha value is -3.07. The minimum absolute atomic E-state index is 0.0577. The van der Waals surface area contributed by atoms with Crippen LogP contribution in [0.25, 0.3) is 16.2 Å². The van der Waals surface area contributed by atoms with E-state index >= 15 is 0 Å². The summed E-state index contributed by atoms with van der Waals surface area (Å²) >= 11 is 1.58. The molecule has 0 N–H and O–H groups in total. The fraction of sp³-hybridized carbons (Fsp3) is 0.333. The lowest BCUT2D eigenvalue weighted by molar-refractivity contribution is 0.0325. The van der Waals surface area contributed by atoms with Crippen LogP contribution in [0.1, 0.15) is 21.6 Å². The molecule has 0 saturated carbocycles. The highest BCUT2D eigenvalue weighted by atomic mass is 32.1. The molecule has 1 saturated heterocycles. The van der Waals surface area contributed by atoms with Crippen molar-refractivity contribution in [2.24, 2.45) is 0 Å². The number of aromatic nitrogens is 2. The summed E-state index contributed by atoms with van der Waals surface area (Å²) < 4.78 is 20.9. The van der Waals surface area contributed by atoms with Crippen molar-refractivity contribution in [3.05, 3.63) is 82.7 Å². The van der Waals surface area contributed by atoms with Crippen LogP contribution in [0.5, 0.6) is 0 Å². The van der Waals surface area contributed by atoms with Crippen LogP contribution >= 0.6 is 11.3 Å². The van der Waals surface area contributed by atoms with Crippen molar-refractivity contribution in [1.29, 1.82) is 0 Å². The van der Waals surface area contributed by atoms with Gasteiger partial charge in [-0.2, -0.15) is 0 Å². The Morgan fingerprint density at radius 3 is 2.57 bits per heavy atom. The molecule has 1 aliphatic rings. The number of carbonyl (C=O) groups excluding carboxylic acids is 1. The number of rotatable bonds is 8. The minimum atomic E-state index is -0.258. The average molecular weight is 493 g/mol. The van der Waals surface area contributed by atoms with Gasteiger partial charge in [0.2, 0.25) is 0 Å². The van der Waals surface area contributed by atoms with E-state index in [9.17, 15) is 9.18 Å². The van der Waals surface area contributed by atoms with E-state index in [0.29, 0.717) is 18.7 Å². The molecule has 6 nitrogen and oxygen atoms in total. The van der Waals surface area contributed by atoms with Crippen molar-refractivity contribution in [2.75, 3.05) is 45.9 Å². The molecule has 0 unspecified atom stereocenters. The van der Waals surface area contributed by atoms with Gasteiger partial charge in [-0.25, -0.2) is 9.37 Å². The zero-order valence-electron chi connectivity index (χ0n) is 19.8. The van der Waals surface area contributed by atoms with Crippen molar-refractivity contribution in [3.63, 3.8) is 0 Å². The molecule has 0 bridgehead atoms. The summed E-state index contributed by atoms with van der Waals surface area (Å²) in [6.07, 6.45) is 2.72. The van der Waals surface area contributed by atoms with Gasteiger partial charge < -0.3 is 9.64 Å². The summed E-state index contributed by atoms with van der Waals surface area (Å²) in [5, 5.41) is 2.10. The number of benzene rings is 2. The fourth-order valence-corrected chi connectivity index (χ4v) is 5.21. The molecule has 2 aromatic heterocycles. The highest BCUT2D eigenvalue weighted by Crippen LogP contribution is 2.24. The average Bonchev–Trinajstić information content (AvgIpc) is 3.47. The fourth-order valence-electron chi connectivity index (χ4n) is 4.30. The molecular weight excluding hydrogens is 463 g/mol. The standard InChI is InChI=1S/C27H29FN4O2S/c1-20-2-4-22(5-3-20)26(33)31(13-12-30-14-16-34-17-15-30)11-10-24-19-35-27-29-25(18-32(24)27)21-6-8-23(28)9-7-21/h2-9,18-19H,10-17H2,1H3. The molecule has 3 heterocycles. The highest BCUT2D eigenvalue weighted by Gasteiger charge is 2.19. The maximum atomic E-state index is 13.4. The number of carbonyl (C=O) groups is 1.